The summed E-state index contributed by atoms with van der Waals surface area (Å²) in [5, 5.41) is 13.6. The van der Waals surface area contributed by atoms with Crippen LogP contribution in [0.3, 0.4) is 0 Å². The summed E-state index contributed by atoms with van der Waals surface area (Å²) in [5.74, 6) is -1.11. The minimum Gasteiger partial charge on any atom is -0.503 e. The van der Waals surface area contributed by atoms with Crippen molar-refractivity contribution in [1.82, 2.24) is 5.32 Å². The molecule has 2 N–H and O–H groups in total. The first kappa shape index (κ1) is 24.2. The number of aromatic hydroxyl groups is 1. The number of dihydropyridines is 1. The fourth-order valence-electron chi connectivity index (χ4n) is 4.55. The topological polar surface area (TPSA) is 84.9 Å². The summed E-state index contributed by atoms with van der Waals surface area (Å²) in [4.78, 5) is 26.5. The second kappa shape index (κ2) is 9.57. The van der Waals surface area contributed by atoms with E-state index in [1.165, 1.54) is 7.11 Å². The van der Waals surface area contributed by atoms with Crippen molar-refractivity contribution < 1.29 is 24.2 Å². The molecule has 1 atom stereocenters. The molecule has 1 aromatic rings. The number of benzene rings is 1. The standard InChI is InChI=1S/C25H32ClNO5/c1-6-7-8-9-32-24(30)20-14(2)27-17-12-25(3,4)13-18(28)22(17)21(20)15-10-16(26)23(29)19(11-15)31-5/h10-11,21,27,29H,6-9,12-13H2,1-5H3/t21-/m1/s1. The van der Waals surface area contributed by atoms with E-state index in [9.17, 15) is 14.7 Å². The molecule has 7 heteroatoms. The van der Waals surface area contributed by atoms with E-state index in [0.29, 0.717) is 41.9 Å². The highest BCUT2D eigenvalue weighted by molar-refractivity contribution is 6.32. The quantitative estimate of drug-likeness (QED) is 0.418. The molecular formula is C25H32ClNO5. The van der Waals surface area contributed by atoms with E-state index in [0.717, 1.165) is 25.0 Å². The third-order valence-electron chi connectivity index (χ3n) is 6.04. The van der Waals surface area contributed by atoms with Gasteiger partial charge in [0.1, 0.15) is 0 Å². The van der Waals surface area contributed by atoms with Crippen LogP contribution >= 0.6 is 11.6 Å². The maximum atomic E-state index is 13.3. The van der Waals surface area contributed by atoms with Gasteiger partial charge < -0.3 is 19.9 Å². The molecule has 2 aliphatic rings. The molecule has 0 aromatic heterocycles. The van der Waals surface area contributed by atoms with Gasteiger partial charge in [0.15, 0.2) is 17.3 Å². The number of allylic oxidation sites excluding steroid dienone is 3. The first-order valence-electron chi connectivity index (χ1n) is 11.1. The first-order valence-corrected chi connectivity index (χ1v) is 11.4. The van der Waals surface area contributed by atoms with Crippen molar-refractivity contribution in [3.63, 3.8) is 0 Å². The minimum atomic E-state index is -0.652. The van der Waals surface area contributed by atoms with Crippen LogP contribution in [0.25, 0.3) is 0 Å². The van der Waals surface area contributed by atoms with Crippen LogP contribution in [-0.2, 0) is 14.3 Å². The number of methoxy groups -OCH3 is 1. The van der Waals surface area contributed by atoms with Crippen molar-refractivity contribution in [1.29, 1.82) is 0 Å². The van der Waals surface area contributed by atoms with Gasteiger partial charge in [0.05, 0.1) is 24.3 Å². The van der Waals surface area contributed by atoms with Crippen molar-refractivity contribution in [2.45, 2.75) is 65.7 Å². The molecule has 32 heavy (non-hydrogen) atoms. The minimum absolute atomic E-state index is 0.0132. The van der Waals surface area contributed by atoms with Gasteiger partial charge in [0.25, 0.3) is 0 Å². The number of carbonyl (C=O) groups is 2. The molecule has 0 bridgehead atoms. The molecule has 0 amide bonds. The van der Waals surface area contributed by atoms with Crippen LogP contribution in [0.4, 0.5) is 0 Å². The zero-order valence-electron chi connectivity index (χ0n) is 19.4. The second-order valence-corrected chi connectivity index (χ2v) is 9.73. The Morgan fingerprint density at radius 3 is 2.66 bits per heavy atom. The van der Waals surface area contributed by atoms with Gasteiger partial charge in [-0.05, 0) is 42.9 Å². The predicted octanol–water partition coefficient (Wildman–Crippen LogP) is 5.39. The van der Waals surface area contributed by atoms with Crippen LogP contribution in [0.1, 0.15) is 71.3 Å². The van der Waals surface area contributed by atoms with Crippen LogP contribution in [0.2, 0.25) is 5.02 Å². The van der Waals surface area contributed by atoms with Crippen molar-refractivity contribution in [2.24, 2.45) is 5.41 Å². The van der Waals surface area contributed by atoms with Gasteiger partial charge in [-0.25, -0.2) is 4.79 Å². The van der Waals surface area contributed by atoms with Crippen LogP contribution in [0.15, 0.2) is 34.7 Å². The lowest BCUT2D eigenvalue weighted by atomic mass is 9.68. The number of halogens is 1. The predicted molar refractivity (Wildman–Crippen MR) is 124 cm³/mol. The number of phenols is 1. The Hall–Kier alpha value is -2.47. The van der Waals surface area contributed by atoms with Gasteiger partial charge in [0, 0.05) is 29.3 Å². The maximum Gasteiger partial charge on any atom is 0.336 e. The molecule has 0 fully saturated rings. The molecule has 1 aromatic carbocycles. The molecule has 0 unspecified atom stereocenters. The van der Waals surface area contributed by atoms with Crippen LogP contribution < -0.4 is 10.1 Å². The smallest absolute Gasteiger partial charge is 0.336 e. The Kier molecular flexibility index (Phi) is 7.23. The second-order valence-electron chi connectivity index (χ2n) is 9.33. The van der Waals surface area contributed by atoms with Crippen LogP contribution in [0, 0.1) is 5.41 Å². The highest BCUT2D eigenvalue weighted by Gasteiger charge is 2.43. The summed E-state index contributed by atoms with van der Waals surface area (Å²) in [5.41, 5.74) is 2.83. The number of esters is 1. The summed E-state index contributed by atoms with van der Waals surface area (Å²) in [6.45, 7) is 8.35. The monoisotopic (exact) mass is 461 g/mol. The Morgan fingerprint density at radius 1 is 1.28 bits per heavy atom. The van der Waals surface area contributed by atoms with E-state index in [4.69, 9.17) is 21.1 Å². The van der Waals surface area contributed by atoms with Gasteiger partial charge in [0.2, 0.25) is 0 Å². The zero-order chi connectivity index (χ0) is 23.6. The van der Waals surface area contributed by atoms with Crippen molar-refractivity contribution in [2.75, 3.05) is 13.7 Å². The molecule has 0 saturated heterocycles. The van der Waals surface area contributed by atoms with Crippen molar-refractivity contribution >= 4 is 23.4 Å². The molecule has 0 radical (unpaired) electrons. The lowest BCUT2D eigenvalue weighted by molar-refractivity contribution is -0.139. The summed E-state index contributed by atoms with van der Waals surface area (Å²) in [7, 11) is 1.43. The SMILES string of the molecule is CCCCCOC(=O)C1=C(C)NC2=C(C(=O)CC(C)(C)C2)[C@@H]1c1cc(Cl)c(O)c(OC)c1. The number of ketones is 1. The molecule has 0 spiro atoms. The molecule has 1 aliphatic carbocycles. The molecule has 1 aliphatic heterocycles. The third-order valence-corrected chi connectivity index (χ3v) is 6.33. The zero-order valence-corrected chi connectivity index (χ0v) is 20.2. The highest BCUT2D eigenvalue weighted by atomic mass is 35.5. The average Bonchev–Trinajstić information content (AvgIpc) is 2.71. The summed E-state index contributed by atoms with van der Waals surface area (Å²) < 4.78 is 10.9. The van der Waals surface area contributed by atoms with Crippen molar-refractivity contribution in [3.8, 4) is 11.5 Å². The Bertz CT molecular complexity index is 992. The molecule has 0 saturated carbocycles. The van der Waals surface area contributed by atoms with E-state index < -0.39 is 11.9 Å². The van der Waals surface area contributed by atoms with Gasteiger partial charge in [-0.15, -0.1) is 0 Å². The Balaban J connectivity index is 2.12. The third kappa shape index (κ3) is 4.80. The summed E-state index contributed by atoms with van der Waals surface area (Å²) >= 11 is 6.28. The van der Waals surface area contributed by atoms with Gasteiger partial charge in [-0.2, -0.15) is 0 Å². The lowest BCUT2D eigenvalue weighted by Crippen LogP contribution is -2.38. The fraction of sp³-hybridized carbons (Fsp3) is 0.520. The molecule has 6 nitrogen and oxygen atoms in total. The summed E-state index contributed by atoms with van der Waals surface area (Å²) in [6, 6.07) is 3.22. The molecule has 174 valence electrons. The number of Topliss-reactive ketones (excluding diaryl/α,β-unsaturated/α-hetero) is 1. The Morgan fingerprint density at radius 2 is 2.00 bits per heavy atom. The largest absolute Gasteiger partial charge is 0.503 e. The summed E-state index contributed by atoms with van der Waals surface area (Å²) in [6.07, 6.45) is 3.84. The van der Waals surface area contributed by atoms with Gasteiger partial charge >= 0.3 is 5.97 Å². The first-order chi connectivity index (χ1) is 15.1. The number of ether oxygens (including phenoxy) is 2. The molecule has 3 rings (SSSR count). The maximum absolute atomic E-state index is 13.3. The number of unbranched alkanes of at least 4 members (excludes halogenated alkanes) is 2. The number of phenolic OH excluding ortho intramolecular Hbond substituents is 1. The van der Waals surface area contributed by atoms with E-state index in [-0.39, 0.29) is 27.7 Å². The lowest BCUT2D eigenvalue weighted by Gasteiger charge is -2.39. The van der Waals surface area contributed by atoms with E-state index in [2.05, 4.69) is 26.1 Å². The number of carbonyl (C=O) groups excluding carboxylic acids is 2. The van der Waals surface area contributed by atoms with Gasteiger partial charge in [-0.1, -0.05) is 45.2 Å². The number of nitrogens with one attached hydrogen (secondary N) is 1. The Labute approximate surface area is 194 Å². The van der Waals surface area contributed by atoms with Crippen LogP contribution in [0.5, 0.6) is 11.5 Å². The van der Waals surface area contributed by atoms with E-state index in [1.807, 2.05) is 6.92 Å². The van der Waals surface area contributed by atoms with Gasteiger partial charge in [-0.3, -0.25) is 4.79 Å². The molecule has 1 heterocycles. The number of rotatable bonds is 7. The average molecular weight is 462 g/mol. The fourth-order valence-corrected chi connectivity index (χ4v) is 4.77. The van der Waals surface area contributed by atoms with E-state index >= 15 is 0 Å². The van der Waals surface area contributed by atoms with E-state index in [1.54, 1.807) is 12.1 Å². The molecular weight excluding hydrogens is 430 g/mol. The highest BCUT2D eigenvalue weighted by Crippen LogP contribution is 2.48. The van der Waals surface area contributed by atoms with Crippen molar-refractivity contribution in [3.05, 3.63) is 45.3 Å². The van der Waals surface area contributed by atoms with Crippen LogP contribution in [-0.4, -0.2) is 30.6 Å². The number of hydrogen-bond acceptors (Lipinski definition) is 6. The normalized spacial score (nSPS) is 20.1. The number of hydrogen-bond donors (Lipinski definition) is 2.